The predicted octanol–water partition coefficient (Wildman–Crippen LogP) is 3.87. The van der Waals surface area contributed by atoms with Crippen molar-refractivity contribution in [1.82, 2.24) is 6.15 Å². The lowest BCUT2D eigenvalue weighted by molar-refractivity contribution is -0.138. The highest BCUT2D eigenvalue weighted by molar-refractivity contribution is 5.66. The number of carboxylic acids is 1. The maximum atomic E-state index is 10.5. The zero-order valence-electron chi connectivity index (χ0n) is 10.7. The van der Waals surface area contributed by atoms with Crippen molar-refractivity contribution in [2.24, 2.45) is 11.3 Å². The summed E-state index contributed by atoms with van der Waals surface area (Å²) in [6.07, 6.45) is 4.98. The number of rotatable bonds is 7. The molecule has 0 aromatic heterocycles. The van der Waals surface area contributed by atoms with Crippen molar-refractivity contribution in [2.45, 2.75) is 59.8 Å². The molecule has 0 aliphatic heterocycles. The number of hydrogen-bond donors (Lipinski definition) is 2. The number of carboxylic acid groups (broad SMARTS) is 1. The van der Waals surface area contributed by atoms with Crippen LogP contribution in [0.3, 0.4) is 0 Å². The first-order valence-electron chi connectivity index (χ1n) is 5.59. The number of carbonyl (C=O) groups is 1. The maximum absolute atomic E-state index is 10.5. The van der Waals surface area contributed by atoms with Crippen LogP contribution in [0.4, 0.5) is 0 Å². The van der Waals surface area contributed by atoms with Gasteiger partial charge in [0.25, 0.3) is 0 Å². The van der Waals surface area contributed by atoms with E-state index in [2.05, 4.69) is 20.8 Å². The molecule has 1 atom stereocenters. The van der Waals surface area contributed by atoms with Crippen LogP contribution >= 0.6 is 0 Å². The van der Waals surface area contributed by atoms with E-state index in [4.69, 9.17) is 5.11 Å². The van der Waals surface area contributed by atoms with Crippen molar-refractivity contribution in [2.75, 3.05) is 0 Å². The molecule has 92 valence electrons. The highest BCUT2D eigenvalue weighted by atomic mass is 16.4. The summed E-state index contributed by atoms with van der Waals surface area (Å²) >= 11 is 0. The molecule has 0 aliphatic rings. The van der Waals surface area contributed by atoms with Crippen molar-refractivity contribution in [3.8, 4) is 0 Å². The summed E-state index contributed by atoms with van der Waals surface area (Å²) in [6, 6.07) is 0. The van der Waals surface area contributed by atoms with Gasteiger partial charge in [-0.1, -0.05) is 40.5 Å². The zero-order valence-corrected chi connectivity index (χ0v) is 10.7. The van der Waals surface area contributed by atoms with E-state index in [-0.39, 0.29) is 6.15 Å². The second-order valence-corrected chi connectivity index (χ2v) is 5.17. The Labute approximate surface area is 93.8 Å². The van der Waals surface area contributed by atoms with Crippen molar-refractivity contribution >= 4 is 5.97 Å². The van der Waals surface area contributed by atoms with Crippen molar-refractivity contribution in [3.05, 3.63) is 0 Å². The second-order valence-electron chi connectivity index (χ2n) is 5.17. The molecular weight excluding hydrogens is 190 g/mol. The van der Waals surface area contributed by atoms with Gasteiger partial charge in [-0.2, -0.15) is 0 Å². The topological polar surface area (TPSA) is 72.3 Å². The second kappa shape index (κ2) is 7.69. The van der Waals surface area contributed by atoms with Crippen LogP contribution in [0, 0.1) is 11.3 Å². The molecule has 3 heteroatoms. The zero-order chi connectivity index (χ0) is 11.2. The molecule has 0 spiro atoms. The summed E-state index contributed by atoms with van der Waals surface area (Å²) in [5.41, 5.74) is 0.297. The smallest absolute Gasteiger partial charge is 0.303 e. The van der Waals surface area contributed by atoms with E-state index in [0.29, 0.717) is 17.8 Å². The normalized spacial score (nSPS) is 13.1. The minimum absolute atomic E-state index is 0. The van der Waals surface area contributed by atoms with E-state index in [1.165, 1.54) is 19.3 Å². The molecule has 0 bridgehead atoms. The molecule has 0 fully saturated rings. The average molecular weight is 217 g/mol. The summed E-state index contributed by atoms with van der Waals surface area (Å²) in [5.74, 6) is -0.386. The number of aliphatic carboxylic acids is 1. The number of unbranched alkanes of at least 4 members (excludes halogenated alkanes) is 1. The number of hydrogen-bond acceptors (Lipinski definition) is 2. The average Bonchev–Trinajstić information content (AvgIpc) is 1.98. The van der Waals surface area contributed by atoms with Gasteiger partial charge in [-0.3, -0.25) is 4.79 Å². The highest BCUT2D eigenvalue weighted by Gasteiger charge is 2.21. The minimum atomic E-state index is -0.677. The summed E-state index contributed by atoms with van der Waals surface area (Å²) < 4.78 is 0. The van der Waals surface area contributed by atoms with E-state index < -0.39 is 5.97 Å². The van der Waals surface area contributed by atoms with Gasteiger partial charge in [0.2, 0.25) is 0 Å². The van der Waals surface area contributed by atoms with E-state index in [1.807, 2.05) is 6.92 Å². The first-order valence-corrected chi connectivity index (χ1v) is 5.59. The molecule has 0 rings (SSSR count). The van der Waals surface area contributed by atoms with Gasteiger partial charge in [-0.25, -0.2) is 0 Å². The van der Waals surface area contributed by atoms with Gasteiger partial charge < -0.3 is 11.3 Å². The SMILES string of the molecule is CCCCC(C)(C)CC(C)CC(=O)O.N. The molecule has 4 N–H and O–H groups in total. The fourth-order valence-electron chi connectivity index (χ4n) is 2.07. The largest absolute Gasteiger partial charge is 0.481 e. The summed E-state index contributed by atoms with van der Waals surface area (Å²) in [6.45, 7) is 8.70. The van der Waals surface area contributed by atoms with Gasteiger partial charge in [-0.15, -0.1) is 0 Å². The summed E-state index contributed by atoms with van der Waals surface area (Å²) in [7, 11) is 0. The van der Waals surface area contributed by atoms with Gasteiger partial charge in [0.1, 0.15) is 0 Å². The van der Waals surface area contributed by atoms with Gasteiger partial charge in [0.05, 0.1) is 0 Å². The summed E-state index contributed by atoms with van der Waals surface area (Å²) in [4.78, 5) is 10.5. The Balaban J connectivity index is 0. The minimum Gasteiger partial charge on any atom is -0.481 e. The Morgan fingerprint density at radius 3 is 2.33 bits per heavy atom. The monoisotopic (exact) mass is 217 g/mol. The Morgan fingerprint density at radius 2 is 1.93 bits per heavy atom. The maximum Gasteiger partial charge on any atom is 0.303 e. The van der Waals surface area contributed by atoms with Crippen molar-refractivity contribution in [3.63, 3.8) is 0 Å². The fraction of sp³-hybridized carbons (Fsp3) is 0.917. The third-order valence-corrected chi connectivity index (χ3v) is 2.63. The molecule has 0 aromatic carbocycles. The highest BCUT2D eigenvalue weighted by Crippen LogP contribution is 2.32. The first kappa shape index (κ1) is 16.8. The van der Waals surface area contributed by atoms with Gasteiger partial charge in [0, 0.05) is 6.42 Å². The first-order chi connectivity index (χ1) is 6.37. The summed E-state index contributed by atoms with van der Waals surface area (Å²) in [5, 5.41) is 8.66. The van der Waals surface area contributed by atoms with Crippen LogP contribution in [-0.4, -0.2) is 11.1 Å². The third kappa shape index (κ3) is 9.73. The molecule has 0 saturated heterocycles. The Morgan fingerprint density at radius 1 is 1.40 bits per heavy atom. The van der Waals surface area contributed by atoms with Crippen LogP contribution in [-0.2, 0) is 4.79 Å². The predicted molar refractivity (Wildman–Crippen MR) is 64.4 cm³/mol. The quantitative estimate of drug-likeness (QED) is 0.680. The molecule has 0 aromatic rings. The van der Waals surface area contributed by atoms with Crippen LogP contribution < -0.4 is 6.15 Å². The molecule has 3 nitrogen and oxygen atoms in total. The van der Waals surface area contributed by atoms with Crippen LogP contribution in [0.15, 0.2) is 0 Å². The fourth-order valence-corrected chi connectivity index (χ4v) is 2.07. The van der Waals surface area contributed by atoms with E-state index in [9.17, 15) is 4.79 Å². The lowest BCUT2D eigenvalue weighted by Gasteiger charge is -2.27. The van der Waals surface area contributed by atoms with Gasteiger partial charge in [-0.05, 0) is 24.2 Å². The van der Waals surface area contributed by atoms with Crippen molar-refractivity contribution < 1.29 is 9.90 Å². The van der Waals surface area contributed by atoms with Crippen molar-refractivity contribution in [1.29, 1.82) is 0 Å². The van der Waals surface area contributed by atoms with Crippen LogP contribution in [0.5, 0.6) is 0 Å². The molecule has 0 saturated carbocycles. The Hall–Kier alpha value is -0.570. The van der Waals surface area contributed by atoms with Crippen LogP contribution in [0.25, 0.3) is 0 Å². The Kier molecular flexibility index (Phi) is 8.63. The molecule has 0 radical (unpaired) electrons. The lowest BCUT2D eigenvalue weighted by Crippen LogP contribution is -2.17. The van der Waals surface area contributed by atoms with Crippen LogP contribution in [0.1, 0.15) is 59.8 Å². The van der Waals surface area contributed by atoms with E-state index in [1.54, 1.807) is 0 Å². The molecule has 0 amide bonds. The van der Waals surface area contributed by atoms with Gasteiger partial charge >= 0.3 is 5.97 Å². The molecule has 0 heterocycles. The van der Waals surface area contributed by atoms with Gasteiger partial charge in [0.15, 0.2) is 0 Å². The Bertz CT molecular complexity index is 178. The molecular formula is C12H27NO2. The lowest BCUT2D eigenvalue weighted by atomic mass is 9.78. The van der Waals surface area contributed by atoms with E-state index in [0.717, 1.165) is 6.42 Å². The van der Waals surface area contributed by atoms with E-state index >= 15 is 0 Å². The molecule has 1 unspecified atom stereocenters. The molecule has 0 aliphatic carbocycles. The molecule has 15 heavy (non-hydrogen) atoms. The standard InChI is InChI=1S/C12H24O2.H3N/c1-5-6-7-12(3,4)9-10(2)8-11(13)14;/h10H,5-9H2,1-4H3,(H,13,14);1H3. The third-order valence-electron chi connectivity index (χ3n) is 2.63. The van der Waals surface area contributed by atoms with Crippen LogP contribution in [0.2, 0.25) is 0 Å².